The molecule has 0 radical (unpaired) electrons. The number of rotatable bonds is 4. The summed E-state index contributed by atoms with van der Waals surface area (Å²) in [6.07, 6.45) is 0.803. The highest BCUT2D eigenvalue weighted by Crippen LogP contribution is 2.25. The van der Waals surface area contributed by atoms with E-state index in [9.17, 15) is 9.59 Å². The van der Waals surface area contributed by atoms with E-state index in [0.717, 1.165) is 11.4 Å². The number of hydrogen-bond donors (Lipinski definition) is 1. The third-order valence-corrected chi connectivity index (χ3v) is 3.59. The third kappa shape index (κ3) is 5.45. The van der Waals surface area contributed by atoms with Gasteiger partial charge in [0.2, 0.25) is 5.13 Å². The second kappa shape index (κ2) is 6.87. The van der Waals surface area contributed by atoms with Crippen molar-refractivity contribution in [1.82, 2.24) is 10.2 Å². The normalized spacial score (nSPS) is 11.1. The molecule has 1 aromatic carbocycles. The number of ether oxygens (including phenoxy) is 1. The van der Waals surface area contributed by atoms with Crippen molar-refractivity contribution in [3.05, 3.63) is 34.8 Å². The lowest BCUT2D eigenvalue weighted by Gasteiger charge is -2.14. The fourth-order valence-corrected chi connectivity index (χ4v) is 2.87. The number of carbonyl (C=O) groups is 2. The highest BCUT2D eigenvalue weighted by atomic mass is 32.1. The summed E-state index contributed by atoms with van der Waals surface area (Å²) in [6, 6.07) is 6.32. The SMILES string of the molecule is CC(=O)Oc1ccc(C(=O)Nc2nnc(CC(C)(C)C)s2)cc1. The Bertz CT molecular complexity index is 702. The van der Waals surface area contributed by atoms with Crippen LogP contribution < -0.4 is 10.1 Å². The predicted molar refractivity (Wildman–Crippen MR) is 88.8 cm³/mol. The first-order valence-electron chi connectivity index (χ1n) is 7.15. The number of aromatic nitrogens is 2. The molecule has 2 rings (SSSR count). The van der Waals surface area contributed by atoms with Crippen LogP contribution in [0.25, 0.3) is 0 Å². The Morgan fingerprint density at radius 1 is 1.17 bits per heavy atom. The quantitative estimate of drug-likeness (QED) is 0.686. The Morgan fingerprint density at radius 2 is 1.83 bits per heavy atom. The Morgan fingerprint density at radius 3 is 2.39 bits per heavy atom. The minimum atomic E-state index is -0.401. The van der Waals surface area contributed by atoms with Gasteiger partial charge < -0.3 is 4.74 Å². The van der Waals surface area contributed by atoms with Crippen LogP contribution in [0.1, 0.15) is 43.1 Å². The molecule has 0 saturated heterocycles. The van der Waals surface area contributed by atoms with Crippen LogP contribution in [0.5, 0.6) is 5.75 Å². The molecular weight excluding hydrogens is 314 g/mol. The van der Waals surface area contributed by atoms with Gasteiger partial charge in [-0.3, -0.25) is 14.9 Å². The zero-order chi connectivity index (χ0) is 17.0. The second-order valence-corrected chi connectivity index (χ2v) is 7.37. The van der Waals surface area contributed by atoms with Crippen molar-refractivity contribution in [2.24, 2.45) is 5.41 Å². The molecule has 7 heteroatoms. The molecule has 23 heavy (non-hydrogen) atoms. The summed E-state index contributed by atoms with van der Waals surface area (Å²) >= 11 is 1.37. The zero-order valence-corrected chi connectivity index (χ0v) is 14.4. The first-order chi connectivity index (χ1) is 10.7. The minimum absolute atomic E-state index is 0.118. The lowest BCUT2D eigenvalue weighted by Crippen LogP contribution is -2.11. The third-order valence-electron chi connectivity index (χ3n) is 2.75. The Hall–Kier alpha value is -2.28. The number of esters is 1. The van der Waals surface area contributed by atoms with Crippen LogP contribution >= 0.6 is 11.3 Å². The van der Waals surface area contributed by atoms with Crippen LogP contribution in [0.3, 0.4) is 0 Å². The van der Waals surface area contributed by atoms with Crippen LogP contribution in [-0.2, 0) is 11.2 Å². The molecule has 0 bridgehead atoms. The molecule has 0 aliphatic rings. The molecule has 1 N–H and O–H groups in total. The van der Waals surface area contributed by atoms with E-state index in [4.69, 9.17) is 4.74 Å². The summed E-state index contributed by atoms with van der Waals surface area (Å²) in [5.74, 6) is -0.280. The van der Waals surface area contributed by atoms with Crippen molar-refractivity contribution < 1.29 is 14.3 Å². The maximum atomic E-state index is 12.2. The van der Waals surface area contributed by atoms with Crippen LogP contribution in [0.15, 0.2) is 24.3 Å². The molecule has 0 saturated carbocycles. The van der Waals surface area contributed by atoms with Gasteiger partial charge in [0.25, 0.3) is 5.91 Å². The number of amides is 1. The van der Waals surface area contributed by atoms with Gasteiger partial charge in [0, 0.05) is 18.9 Å². The summed E-state index contributed by atoms with van der Waals surface area (Å²) in [4.78, 5) is 23.0. The summed E-state index contributed by atoms with van der Waals surface area (Å²) in [5, 5.41) is 12.2. The van der Waals surface area contributed by atoms with Crippen molar-refractivity contribution in [2.75, 3.05) is 5.32 Å². The van der Waals surface area contributed by atoms with Gasteiger partial charge in [-0.15, -0.1) is 10.2 Å². The lowest BCUT2D eigenvalue weighted by atomic mass is 9.93. The first kappa shape index (κ1) is 17.1. The van der Waals surface area contributed by atoms with E-state index < -0.39 is 5.97 Å². The molecule has 0 unspecified atom stereocenters. The first-order valence-corrected chi connectivity index (χ1v) is 7.97. The monoisotopic (exact) mass is 333 g/mol. The number of carbonyl (C=O) groups excluding carboxylic acids is 2. The number of anilines is 1. The van der Waals surface area contributed by atoms with Crippen molar-refractivity contribution in [1.29, 1.82) is 0 Å². The van der Waals surface area contributed by atoms with Gasteiger partial charge >= 0.3 is 5.97 Å². The summed E-state index contributed by atoms with van der Waals surface area (Å²) in [5.41, 5.74) is 0.571. The Kier molecular flexibility index (Phi) is 5.10. The van der Waals surface area contributed by atoms with Crippen LogP contribution in [-0.4, -0.2) is 22.1 Å². The largest absolute Gasteiger partial charge is 0.427 e. The van der Waals surface area contributed by atoms with Gasteiger partial charge in [-0.05, 0) is 29.7 Å². The van der Waals surface area contributed by atoms with Gasteiger partial charge in [0.05, 0.1) is 0 Å². The average Bonchev–Trinajstić information content (AvgIpc) is 2.83. The maximum Gasteiger partial charge on any atom is 0.308 e. The van der Waals surface area contributed by atoms with Crippen LogP contribution in [0, 0.1) is 5.41 Å². The van der Waals surface area contributed by atoms with E-state index in [1.165, 1.54) is 18.3 Å². The number of hydrogen-bond acceptors (Lipinski definition) is 6. The summed E-state index contributed by atoms with van der Waals surface area (Å²) in [6.45, 7) is 7.69. The Balaban J connectivity index is 2.00. The molecule has 1 amide bonds. The highest BCUT2D eigenvalue weighted by Gasteiger charge is 2.16. The lowest BCUT2D eigenvalue weighted by molar-refractivity contribution is -0.131. The number of benzene rings is 1. The second-order valence-electron chi connectivity index (χ2n) is 6.31. The predicted octanol–water partition coefficient (Wildman–Crippen LogP) is 3.30. The van der Waals surface area contributed by atoms with E-state index in [1.807, 2.05) is 0 Å². The molecule has 0 atom stereocenters. The molecule has 0 aliphatic heterocycles. The summed E-state index contributed by atoms with van der Waals surface area (Å²) < 4.78 is 4.93. The van der Waals surface area contributed by atoms with Crippen molar-refractivity contribution in [2.45, 2.75) is 34.1 Å². The zero-order valence-electron chi connectivity index (χ0n) is 13.5. The molecular formula is C16H19N3O3S. The molecule has 0 aliphatic carbocycles. The molecule has 2 aromatic rings. The molecule has 1 aromatic heterocycles. The van der Waals surface area contributed by atoms with Gasteiger partial charge in [-0.25, -0.2) is 0 Å². The average molecular weight is 333 g/mol. The molecule has 122 valence electrons. The van der Waals surface area contributed by atoms with E-state index in [1.54, 1.807) is 24.3 Å². The fraction of sp³-hybridized carbons (Fsp3) is 0.375. The van der Waals surface area contributed by atoms with Gasteiger partial charge in [-0.2, -0.15) is 0 Å². The van der Waals surface area contributed by atoms with E-state index >= 15 is 0 Å². The van der Waals surface area contributed by atoms with Gasteiger partial charge in [-0.1, -0.05) is 32.1 Å². The number of nitrogens with one attached hydrogen (secondary N) is 1. The van der Waals surface area contributed by atoms with E-state index in [2.05, 4.69) is 36.3 Å². The van der Waals surface area contributed by atoms with Crippen LogP contribution in [0.2, 0.25) is 0 Å². The smallest absolute Gasteiger partial charge is 0.308 e. The molecule has 0 fully saturated rings. The molecule has 6 nitrogen and oxygen atoms in total. The van der Waals surface area contributed by atoms with Crippen molar-refractivity contribution >= 4 is 28.3 Å². The minimum Gasteiger partial charge on any atom is -0.427 e. The van der Waals surface area contributed by atoms with Crippen molar-refractivity contribution in [3.8, 4) is 5.75 Å². The summed E-state index contributed by atoms with van der Waals surface area (Å²) in [7, 11) is 0. The van der Waals surface area contributed by atoms with Crippen molar-refractivity contribution in [3.63, 3.8) is 0 Å². The topological polar surface area (TPSA) is 81.2 Å². The highest BCUT2D eigenvalue weighted by molar-refractivity contribution is 7.15. The fourth-order valence-electron chi connectivity index (χ4n) is 1.84. The number of nitrogens with zero attached hydrogens (tertiary/aromatic N) is 2. The molecule has 1 heterocycles. The Labute approximate surface area is 138 Å². The van der Waals surface area contributed by atoms with Gasteiger partial charge in [0.15, 0.2) is 0 Å². The van der Waals surface area contributed by atoms with Gasteiger partial charge in [0.1, 0.15) is 10.8 Å². The van der Waals surface area contributed by atoms with E-state index in [0.29, 0.717) is 16.4 Å². The maximum absolute atomic E-state index is 12.2. The van der Waals surface area contributed by atoms with E-state index in [-0.39, 0.29) is 11.3 Å². The molecule has 0 spiro atoms. The van der Waals surface area contributed by atoms with Crippen LogP contribution in [0.4, 0.5) is 5.13 Å². The standard InChI is InChI=1S/C16H19N3O3S/c1-10(20)22-12-7-5-11(6-8-12)14(21)17-15-19-18-13(23-15)9-16(2,3)4/h5-8H,9H2,1-4H3,(H,17,19,21).